The molecule has 5 heteroatoms. The van der Waals surface area contributed by atoms with Crippen LogP contribution in [0.2, 0.25) is 0 Å². The highest BCUT2D eigenvalue weighted by atomic mass is 15.2. The van der Waals surface area contributed by atoms with Gasteiger partial charge in [0.25, 0.3) is 0 Å². The van der Waals surface area contributed by atoms with E-state index in [0.717, 1.165) is 25.6 Å². The van der Waals surface area contributed by atoms with Crippen LogP contribution in [0.1, 0.15) is 40.0 Å². The fourth-order valence-electron chi connectivity index (χ4n) is 3.67. The normalized spacial score (nSPS) is 18.2. The Bertz CT molecular complexity index is 414. The van der Waals surface area contributed by atoms with Crippen molar-refractivity contribution in [3.05, 3.63) is 25.3 Å². The summed E-state index contributed by atoms with van der Waals surface area (Å²) in [6, 6.07) is 0.931. The largest absolute Gasteiger partial charge is 0.355 e. The summed E-state index contributed by atoms with van der Waals surface area (Å²) < 4.78 is 0. The molecule has 0 bridgehead atoms. The third-order valence-corrected chi connectivity index (χ3v) is 5.14. The van der Waals surface area contributed by atoms with E-state index in [9.17, 15) is 0 Å². The second-order valence-electron chi connectivity index (χ2n) is 7.56. The molecule has 0 spiro atoms. The molecule has 1 saturated heterocycles. The second kappa shape index (κ2) is 12.9. The van der Waals surface area contributed by atoms with Crippen LogP contribution in [0.5, 0.6) is 0 Å². The zero-order valence-corrected chi connectivity index (χ0v) is 17.5. The number of rotatable bonds is 11. The summed E-state index contributed by atoms with van der Waals surface area (Å²) in [6.07, 6.45) is 7.55. The highest BCUT2D eigenvalue weighted by Gasteiger charge is 2.22. The van der Waals surface area contributed by atoms with Gasteiger partial charge in [-0.15, -0.1) is 13.2 Å². The van der Waals surface area contributed by atoms with Gasteiger partial charge in [0.05, 0.1) is 0 Å². The van der Waals surface area contributed by atoms with Crippen LogP contribution in [-0.4, -0.2) is 74.2 Å². The van der Waals surface area contributed by atoms with E-state index >= 15 is 0 Å². The molecule has 0 aromatic heterocycles. The maximum absolute atomic E-state index is 4.44. The minimum absolute atomic E-state index is 0.413. The van der Waals surface area contributed by atoms with Crippen LogP contribution in [-0.2, 0) is 0 Å². The van der Waals surface area contributed by atoms with Crippen LogP contribution in [0, 0.1) is 5.92 Å². The van der Waals surface area contributed by atoms with Crippen LogP contribution >= 0.6 is 0 Å². The smallest absolute Gasteiger partial charge is 0.191 e. The van der Waals surface area contributed by atoms with Crippen LogP contribution < -0.4 is 10.6 Å². The van der Waals surface area contributed by atoms with E-state index in [1.165, 1.54) is 38.9 Å². The number of piperidine rings is 1. The van der Waals surface area contributed by atoms with Gasteiger partial charge >= 0.3 is 0 Å². The summed E-state index contributed by atoms with van der Waals surface area (Å²) in [4.78, 5) is 9.41. The van der Waals surface area contributed by atoms with Gasteiger partial charge in [-0.05, 0) is 31.7 Å². The molecule has 1 aliphatic heterocycles. The molecule has 1 heterocycles. The van der Waals surface area contributed by atoms with Crippen molar-refractivity contribution in [3.8, 4) is 0 Å². The zero-order chi connectivity index (χ0) is 19.4. The van der Waals surface area contributed by atoms with E-state index in [1.807, 2.05) is 19.2 Å². The molecule has 2 N–H and O–H groups in total. The Morgan fingerprint density at radius 2 is 1.85 bits per heavy atom. The van der Waals surface area contributed by atoms with E-state index < -0.39 is 0 Å². The Morgan fingerprint density at radius 1 is 1.23 bits per heavy atom. The number of nitrogens with one attached hydrogen (secondary N) is 2. The molecule has 0 aliphatic carbocycles. The standard InChI is InChI=1S/C21H41N5/c1-7-12-25-15-10-19(11-16-25)24-21(22-6)23-17-20(18(4)5)26(13-8-2)14-9-3/h8-9,18-20H,2-3,7,10-17H2,1,4-6H3,(H2,22,23,24). The van der Waals surface area contributed by atoms with Crippen molar-refractivity contribution in [3.63, 3.8) is 0 Å². The van der Waals surface area contributed by atoms with Gasteiger partial charge in [0.1, 0.15) is 0 Å². The molecule has 0 aromatic rings. The molecule has 0 amide bonds. The van der Waals surface area contributed by atoms with Gasteiger partial charge in [0.15, 0.2) is 5.96 Å². The van der Waals surface area contributed by atoms with E-state index in [0.29, 0.717) is 18.0 Å². The molecule has 1 aliphatic rings. The van der Waals surface area contributed by atoms with Crippen molar-refractivity contribution >= 4 is 5.96 Å². The number of guanidine groups is 1. The van der Waals surface area contributed by atoms with Crippen molar-refractivity contribution in [2.45, 2.75) is 52.1 Å². The zero-order valence-electron chi connectivity index (χ0n) is 17.5. The summed E-state index contributed by atoms with van der Waals surface area (Å²) in [5.74, 6) is 1.46. The van der Waals surface area contributed by atoms with Gasteiger partial charge in [-0.3, -0.25) is 9.89 Å². The number of aliphatic imine (C=N–C) groups is 1. The van der Waals surface area contributed by atoms with Crippen molar-refractivity contribution in [1.82, 2.24) is 20.4 Å². The van der Waals surface area contributed by atoms with Crippen molar-refractivity contribution in [2.24, 2.45) is 10.9 Å². The average Bonchev–Trinajstić information content (AvgIpc) is 2.62. The highest BCUT2D eigenvalue weighted by Crippen LogP contribution is 2.12. The van der Waals surface area contributed by atoms with Crippen LogP contribution in [0.25, 0.3) is 0 Å². The first kappa shape index (κ1) is 22.7. The highest BCUT2D eigenvalue weighted by molar-refractivity contribution is 5.80. The van der Waals surface area contributed by atoms with Crippen molar-refractivity contribution < 1.29 is 0 Å². The molecule has 1 rings (SSSR count). The lowest BCUT2D eigenvalue weighted by Crippen LogP contribution is -2.52. The predicted octanol–water partition coefficient (Wildman–Crippen LogP) is 2.72. The van der Waals surface area contributed by atoms with Gasteiger partial charge < -0.3 is 15.5 Å². The summed E-state index contributed by atoms with van der Waals surface area (Å²) >= 11 is 0. The molecule has 150 valence electrons. The molecule has 1 fully saturated rings. The molecule has 1 atom stereocenters. The van der Waals surface area contributed by atoms with Crippen molar-refractivity contribution in [1.29, 1.82) is 0 Å². The Hall–Kier alpha value is -1.33. The third kappa shape index (κ3) is 7.92. The van der Waals surface area contributed by atoms with Crippen LogP contribution in [0.4, 0.5) is 0 Å². The lowest BCUT2D eigenvalue weighted by molar-refractivity contribution is 0.189. The Balaban J connectivity index is 2.52. The van der Waals surface area contributed by atoms with Gasteiger partial charge in [-0.2, -0.15) is 0 Å². The van der Waals surface area contributed by atoms with E-state index in [1.54, 1.807) is 0 Å². The van der Waals surface area contributed by atoms with Gasteiger partial charge in [-0.1, -0.05) is 32.9 Å². The van der Waals surface area contributed by atoms with E-state index in [4.69, 9.17) is 0 Å². The Labute approximate surface area is 161 Å². The fourth-order valence-corrected chi connectivity index (χ4v) is 3.67. The first-order valence-corrected chi connectivity index (χ1v) is 10.2. The number of hydrogen-bond donors (Lipinski definition) is 2. The molecule has 0 radical (unpaired) electrons. The minimum Gasteiger partial charge on any atom is -0.355 e. The van der Waals surface area contributed by atoms with Crippen LogP contribution in [0.3, 0.4) is 0 Å². The van der Waals surface area contributed by atoms with E-state index in [2.05, 4.69) is 59.4 Å². The number of nitrogens with zero attached hydrogens (tertiary/aromatic N) is 3. The molecular weight excluding hydrogens is 322 g/mol. The number of likely N-dealkylation sites (tertiary alicyclic amines) is 1. The predicted molar refractivity (Wildman–Crippen MR) is 115 cm³/mol. The molecule has 1 unspecified atom stereocenters. The van der Waals surface area contributed by atoms with E-state index in [-0.39, 0.29) is 0 Å². The Morgan fingerprint density at radius 3 is 2.31 bits per heavy atom. The lowest BCUT2D eigenvalue weighted by atomic mass is 10.0. The van der Waals surface area contributed by atoms with Crippen molar-refractivity contribution in [2.75, 3.05) is 46.3 Å². The average molecular weight is 364 g/mol. The first-order chi connectivity index (χ1) is 12.5. The lowest BCUT2D eigenvalue weighted by Gasteiger charge is -2.35. The third-order valence-electron chi connectivity index (χ3n) is 5.14. The molecule has 0 saturated carbocycles. The summed E-state index contributed by atoms with van der Waals surface area (Å²) in [5.41, 5.74) is 0. The van der Waals surface area contributed by atoms with Gasteiger partial charge in [-0.25, -0.2) is 0 Å². The quantitative estimate of drug-likeness (QED) is 0.336. The monoisotopic (exact) mass is 363 g/mol. The molecule has 26 heavy (non-hydrogen) atoms. The first-order valence-electron chi connectivity index (χ1n) is 10.2. The molecule has 5 nitrogen and oxygen atoms in total. The maximum Gasteiger partial charge on any atom is 0.191 e. The number of hydrogen-bond acceptors (Lipinski definition) is 3. The SMILES string of the molecule is C=CCN(CC=C)C(CNC(=NC)NC1CCN(CCC)CC1)C(C)C. The molecular formula is C21H41N5. The fraction of sp³-hybridized carbons (Fsp3) is 0.762. The Kier molecular flexibility index (Phi) is 11.3. The van der Waals surface area contributed by atoms with Crippen LogP contribution in [0.15, 0.2) is 30.3 Å². The summed E-state index contributed by atoms with van der Waals surface area (Å²) in [6.45, 7) is 20.8. The van der Waals surface area contributed by atoms with Gasteiger partial charge in [0.2, 0.25) is 0 Å². The maximum atomic E-state index is 4.44. The topological polar surface area (TPSA) is 42.9 Å². The molecule has 0 aromatic carbocycles. The minimum atomic E-state index is 0.413. The summed E-state index contributed by atoms with van der Waals surface area (Å²) in [7, 11) is 1.86. The second-order valence-corrected chi connectivity index (χ2v) is 7.56. The summed E-state index contributed by atoms with van der Waals surface area (Å²) in [5, 5.41) is 7.17. The van der Waals surface area contributed by atoms with Gasteiger partial charge in [0, 0.05) is 51.9 Å².